The molecule has 0 aliphatic heterocycles. The van der Waals surface area contributed by atoms with Crippen LogP contribution in [0.25, 0.3) is 0 Å². The molecule has 0 heterocycles. The number of methoxy groups -OCH3 is 1. The summed E-state index contributed by atoms with van der Waals surface area (Å²) in [4.78, 5) is 4.57. The van der Waals surface area contributed by atoms with E-state index < -0.39 is 0 Å². The molecule has 0 saturated heterocycles. The molecule has 0 aliphatic rings. The molecule has 0 spiro atoms. The summed E-state index contributed by atoms with van der Waals surface area (Å²) in [7, 11) is 1.65. The van der Waals surface area contributed by atoms with E-state index in [0.29, 0.717) is 6.61 Å². The Morgan fingerprint density at radius 2 is 1.92 bits per heavy atom. The van der Waals surface area contributed by atoms with Gasteiger partial charge in [-0.05, 0) is 29.7 Å². The first kappa shape index (κ1) is 10.0. The quantitative estimate of drug-likeness (QED) is 0.718. The van der Waals surface area contributed by atoms with Crippen molar-refractivity contribution in [3.05, 3.63) is 29.3 Å². The van der Waals surface area contributed by atoms with E-state index in [2.05, 4.69) is 17.8 Å². The number of rotatable bonds is 4. The van der Waals surface area contributed by atoms with E-state index in [4.69, 9.17) is 10.6 Å². The molecule has 0 atom stereocenters. The summed E-state index contributed by atoms with van der Waals surface area (Å²) < 4.78 is 5.15. The molecule has 0 amide bonds. The van der Waals surface area contributed by atoms with Gasteiger partial charge in [0.15, 0.2) is 0 Å². The molecular weight excluding hydrogens is 166 g/mol. The minimum absolute atomic E-state index is 0.421. The van der Waals surface area contributed by atoms with Crippen LogP contribution in [-0.4, -0.2) is 7.11 Å². The number of hydrogen-bond acceptors (Lipinski definition) is 3. The van der Waals surface area contributed by atoms with Gasteiger partial charge in [0.05, 0.1) is 13.7 Å². The van der Waals surface area contributed by atoms with Gasteiger partial charge in [0.2, 0.25) is 0 Å². The molecule has 0 fully saturated rings. The van der Waals surface area contributed by atoms with Crippen molar-refractivity contribution in [2.24, 2.45) is 5.90 Å². The van der Waals surface area contributed by atoms with Crippen LogP contribution in [0, 0.1) is 0 Å². The molecule has 0 aliphatic carbocycles. The first-order chi connectivity index (χ1) is 6.30. The molecule has 2 N–H and O–H groups in total. The smallest absolute Gasteiger partial charge is 0.119 e. The summed E-state index contributed by atoms with van der Waals surface area (Å²) in [5, 5.41) is 0. The Bertz CT molecular complexity index is 251. The topological polar surface area (TPSA) is 44.5 Å². The maximum absolute atomic E-state index is 5.15. The molecule has 1 aromatic rings. The Morgan fingerprint density at radius 3 is 2.46 bits per heavy atom. The Kier molecular flexibility index (Phi) is 3.73. The van der Waals surface area contributed by atoms with E-state index >= 15 is 0 Å². The Hall–Kier alpha value is -1.06. The van der Waals surface area contributed by atoms with Gasteiger partial charge >= 0.3 is 0 Å². The Morgan fingerprint density at radius 1 is 1.23 bits per heavy atom. The van der Waals surface area contributed by atoms with E-state index in [-0.39, 0.29) is 0 Å². The summed E-state index contributed by atoms with van der Waals surface area (Å²) in [6.45, 7) is 2.52. The Balaban J connectivity index is 2.93. The van der Waals surface area contributed by atoms with Crippen LogP contribution in [0.1, 0.15) is 18.1 Å². The van der Waals surface area contributed by atoms with E-state index in [1.54, 1.807) is 7.11 Å². The molecular formula is C10H15NO2. The molecule has 13 heavy (non-hydrogen) atoms. The maximum atomic E-state index is 5.15. The van der Waals surface area contributed by atoms with Gasteiger partial charge in [-0.25, -0.2) is 5.90 Å². The van der Waals surface area contributed by atoms with Crippen LogP contribution >= 0.6 is 0 Å². The largest absolute Gasteiger partial charge is 0.497 e. The third-order valence-corrected chi connectivity index (χ3v) is 1.92. The first-order valence-corrected chi connectivity index (χ1v) is 4.28. The van der Waals surface area contributed by atoms with Crippen molar-refractivity contribution < 1.29 is 9.57 Å². The van der Waals surface area contributed by atoms with Crippen LogP contribution in [-0.2, 0) is 17.9 Å². The lowest BCUT2D eigenvalue weighted by Crippen LogP contribution is -2.00. The third kappa shape index (κ3) is 2.72. The second kappa shape index (κ2) is 4.84. The Labute approximate surface area is 78.4 Å². The van der Waals surface area contributed by atoms with Crippen molar-refractivity contribution in [2.75, 3.05) is 7.11 Å². The lowest BCUT2D eigenvalue weighted by molar-refractivity contribution is 0.124. The van der Waals surface area contributed by atoms with E-state index in [1.165, 1.54) is 5.56 Å². The fourth-order valence-corrected chi connectivity index (χ4v) is 1.23. The lowest BCUT2D eigenvalue weighted by atomic mass is 10.1. The number of benzene rings is 1. The number of ether oxygens (including phenoxy) is 1. The van der Waals surface area contributed by atoms with Crippen molar-refractivity contribution >= 4 is 0 Å². The molecule has 0 aromatic heterocycles. The summed E-state index contributed by atoms with van der Waals surface area (Å²) in [6.07, 6.45) is 0.981. The molecule has 3 heteroatoms. The maximum Gasteiger partial charge on any atom is 0.119 e. The standard InChI is InChI=1S/C10H15NO2/c1-3-8-4-9(7-13-11)6-10(5-8)12-2/h4-6H,3,7,11H2,1-2H3. The summed E-state index contributed by atoms with van der Waals surface area (Å²) >= 11 is 0. The van der Waals surface area contributed by atoms with Gasteiger partial charge in [0.1, 0.15) is 5.75 Å². The van der Waals surface area contributed by atoms with Crippen LogP contribution in [0.4, 0.5) is 0 Å². The van der Waals surface area contributed by atoms with Gasteiger partial charge in [-0.1, -0.05) is 13.0 Å². The van der Waals surface area contributed by atoms with Crippen LogP contribution in [0.5, 0.6) is 5.75 Å². The van der Waals surface area contributed by atoms with Gasteiger partial charge in [-0.15, -0.1) is 0 Å². The van der Waals surface area contributed by atoms with Crippen molar-refractivity contribution in [1.82, 2.24) is 0 Å². The van der Waals surface area contributed by atoms with Gasteiger partial charge in [0, 0.05) is 0 Å². The van der Waals surface area contributed by atoms with E-state index in [1.807, 2.05) is 12.1 Å². The highest BCUT2D eigenvalue weighted by Crippen LogP contribution is 2.17. The third-order valence-electron chi connectivity index (χ3n) is 1.92. The average Bonchev–Trinajstić information content (AvgIpc) is 2.17. The SMILES string of the molecule is CCc1cc(CON)cc(OC)c1. The summed E-state index contributed by atoms with van der Waals surface area (Å²) in [5.74, 6) is 5.86. The predicted octanol–water partition coefficient (Wildman–Crippen LogP) is 1.65. The normalized spacial score (nSPS) is 10.1. The van der Waals surface area contributed by atoms with E-state index in [9.17, 15) is 0 Å². The minimum atomic E-state index is 0.421. The highest BCUT2D eigenvalue weighted by molar-refractivity contribution is 5.34. The number of hydrogen-bond donors (Lipinski definition) is 1. The van der Waals surface area contributed by atoms with Crippen LogP contribution < -0.4 is 10.6 Å². The second-order valence-electron chi connectivity index (χ2n) is 2.85. The monoisotopic (exact) mass is 181 g/mol. The van der Waals surface area contributed by atoms with Gasteiger partial charge < -0.3 is 4.74 Å². The lowest BCUT2D eigenvalue weighted by Gasteiger charge is -2.06. The molecule has 0 unspecified atom stereocenters. The van der Waals surface area contributed by atoms with Crippen molar-refractivity contribution in [3.63, 3.8) is 0 Å². The van der Waals surface area contributed by atoms with Gasteiger partial charge in [0.25, 0.3) is 0 Å². The van der Waals surface area contributed by atoms with Crippen molar-refractivity contribution in [3.8, 4) is 5.75 Å². The minimum Gasteiger partial charge on any atom is -0.497 e. The number of nitrogens with two attached hydrogens (primary N) is 1. The fraction of sp³-hybridized carbons (Fsp3) is 0.400. The molecule has 1 rings (SSSR count). The summed E-state index contributed by atoms with van der Waals surface area (Å²) in [6, 6.07) is 6.00. The zero-order chi connectivity index (χ0) is 9.68. The molecule has 0 bridgehead atoms. The highest BCUT2D eigenvalue weighted by Gasteiger charge is 1.99. The molecule has 72 valence electrons. The zero-order valence-electron chi connectivity index (χ0n) is 8.04. The van der Waals surface area contributed by atoms with Crippen molar-refractivity contribution in [1.29, 1.82) is 0 Å². The zero-order valence-corrected chi connectivity index (χ0v) is 8.04. The molecule has 1 aromatic carbocycles. The predicted molar refractivity (Wildman–Crippen MR) is 51.3 cm³/mol. The molecule has 0 saturated carbocycles. The first-order valence-electron chi connectivity index (χ1n) is 4.28. The van der Waals surface area contributed by atoms with Gasteiger partial charge in [-0.2, -0.15) is 0 Å². The van der Waals surface area contributed by atoms with Crippen molar-refractivity contribution in [2.45, 2.75) is 20.0 Å². The van der Waals surface area contributed by atoms with Crippen LogP contribution in [0.3, 0.4) is 0 Å². The summed E-state index contributed by atoms with van der Waals surface area (Å²) in [5.41, 5.74) is 2.27. The molecule has 3 nitrogen and oxygen atoms in total. The van der Waals surface area contributed by atoms with Gasteiger partial charge in [-0.3, -0.25) is 4.84 Å². The van der Waals surface area contributed by atoms with E-state index in [0.717, 1.165) is 17.7 Å². The second-order valence-corrected chi connectivity index (χ2v) is 2.85. The van der Waals surface area contributed by atoms with Crippen LogP contribution in [0.2, 0.25) is 0 Å². The number of aryl methyl sites for hydroxylation is 1. The fourth-order valence-electron chi connectivity index (χ4n) is 1.23. The van der Waals surface area contributed by atoms with Crippen LogP contribution in [0.15, 0.2) is 18.2 Å². The highest BCUT2D eigenvalue weighted by atomic mass is 16.6. The average molecular weight is 181 g/mol. The molecule has 0 radical (unpaired) electrons.